The van der Waals surface area contributed by atoms with Crippen molar-refractivity contribution in [1.29, 1.82) is 0 Å². The molecule has 0 saturated heterocycles. The number of ether oxygens (including phenoxy) is 3. The number of carbonyl (C=O) groups excluding carboxylic acids is 3. The highest BCUT2D eigenvalue weighted by Crippen LogP contribution is 2.08. The smallest absolute Gasteiger partial charge is 0.408 e. The standard InChI is InChI=1S/C13H23NO6/c1-8(15)7-19-9(2)10(11(16)18-6)14-12(17)20-13(3,4)5/h9-10H,7H2,1-6H3,(H,14,17)/t9?,10-/m0/s1. The summed E-state index contributed by atoms with van der Waals surface area (Å²) in [6, 6.07) is -1.05. The van der Waals surface area contributed by atoms with Crippen molar-refractivity contribution in [3.05, 3.63) is 0 Å². The van der Waals surface area contributed by atoms with Crippen LogP contribution in [0.2, 0.25) is 0 Å². The van der Waals surface area contributed by atoms with E-state index in [9.17, 15) is 14.4 Å². The lowest BCUT2D eigenvalue weighted by Crippen LogP contribution is -2.50. The molecule has 0 aromatic rings. The highest BCUT2D eigenvalue weighted by Gasteiger charge is 2.30. The van der Waals surface area contributed by atoms with E-state index in [2.05, 4.69) is 10.1 Å². The van der Waals surface area contributed by atoms with Gasteiger partial charge in [0.15, 0.2) is 11.8 Å². The van der Waals surface area contributed by atoms with Crippen LogP contribution in [0, 0.1) is 0 Å². The number of carbonyl (C=O) groups is 3. The summed E-state index contributed by atoms with van der Waals surface area (Å²) in [5.41, 5.74) is -0.686. The molecule has 0 radical (unpaired) electrons. The van der Waals surface area contributed by atoms with Crippen molar-refractivity contribution in [3.63, 3.8) is 0 Å². The molecular formula is C13H23NO6. The fourth-order valence-electron chi connectivity index (χ4n) is 1.27. The second-order valence-corrected chi connectivity index (χ2v) is 5.37. The average Bonchev–Trinajstić information content (AvgIpc) is 2.29. The Morgan fingerprint density at radius 3 is 2.15 bits per heavy atom. The molecule has 0 aliphatic heterocycles. The average molecular weight is 289 g/mol. The number of Topliss-reactive ketones (excluding diaryl/α,β-unsaturated/α-hetero) is 1. The zero-order valence-corrected chi connectivity index (χ0v) is 12.8. The van der Waals surface area contributed by atoms with Crippen molar-refractivity contribution in [1.82, 2.24) is 5.32 Å². The summed E-state index contributed by atoms with van der Waals surface area (Å²) in [6.45, 7) is 7.88. The van der Waals surface area contributed by atoms with E-state index >= 15 is 0 Å². The molecule has 116 valence electrons. The maximum absolute atomic E-state index is 11.7. The monoisotopic (exact) mass is 289 g/mol. The number of methoxy groups -OCH3 is 1. The Morgan fingerprint density at radius 1 is 1.20 bits per heavy atom. The molecule has 0 fully saturated rings. The molecule has 0 bridgehead atoms. The van der Waals surface area contributed by atoms with Crippen molar-refractivity contribution >= 4 is 17.8 Å². The molecule has 0 heterocycles. The number of hydrogen-bond acceptors (Lipinski definition) is 6. The van der Waals surface area contributed by atoms with E-state index in [0.717, 1.165) is 0 Å². The summed E-state index contributed by atoms with van der Waals surface area (Å²) in [6.07, 6.45) is -1.48. The first-order valence-corrected chi connectivity index (χ1v) is 6.25. The third kappa shape index (κ3) is 7.73. The molecule has 0 aromatic heterocycles. The van der Waals surface area contributed by atoms with Gasteiger partial charge in [-0.15, -0.1) is 0 Å². The molecule has 0 saturated carbocycles. The number of hydrogen-bond donors (Lipinski definition) is 1. The minimum Gasteiger partial charge on any atom is -0.467 e. The van der Waals surface area contributed by atoms with Crippen LogP contribution in [-0.4, -0.2) is 49.3 Å². The van der Waals surface area contributed by atoms with Crippen molar-refractivity contribution < 1.29 is 28.6 Å². The lowest BCUT2D eigenvalue weighted by molar-refractivity contribution is -0.148. The van der Waals surface area contributed by atoms with Gasteiger partial charge in [0.1, 0.15) is 12.2 Å². The first-order chi connectivity index (χ1) is 9.06. The van der Waals surface area contributed by atoms with Crippen molar-refractivity contribution in [2.75, 3.05) is 13.7 Å². The van der Waals surface area contributed by atoms with E-state index in [0.29, 0.717) is 0 Å². The van der Waals surface area contributed by atoms with Gasteiger partial charge in [-0.25, -0.2) is 9.59 Å². The van der Waals surface area contributed by atoms with Gasteiger partial charge in [-0.2, -0.15) is 0 Å². The van der Waals surface area contributed by atoms with E-state index in [1.54, 1.807) is 27.7 Å². The van der Waals surface area contributed by atoms with Crippen molar-refractivity contribution in [3.8, 4) is 0 Å². The lowest BCUT2D eigenvalue weighted by Gasteiger charge is -2.25. The Hall–Kier alpha value is -1.63. The van der Waals surface area contributed by atoms with E-state index in [4.69, 9.17) is 9.47 Å². The molecule has 1 N–H and O–H groups in total. The molecule has 7 nitrogen and oxygen atoms in total. The van der Waals surface area contributed by atoms with Gasteiger partial charge in [0.05, 0.1) is 13.2 Å². The Bertz CT molecular complexity index is 360. The second kappa shape index (κ2) is 7.84. The van der Waals surface area contributed by atoms with Gasteiger partial charge in [-0.1, -0.05) is 0 Å². The Labute approximate surface area is 118 Å². The predicted molar refractivity (Wildman–Crippen MR) is 71.3 cm³/mol. The van der Waals surface area contributed by atoms with Crippen LogP contribution in [0.1, 0.15) is 34.6 Å². The number of esters is 1. The summed E-state index contributed by atoms with van der Waals surface area (Å²) in [4.78, 5) is 34.2. The first-order valence-electron chi connectivity index (χ1n) is 6.25. The van der Waals surface area contributed by atoms with E-state index in [1.807, 2.05) is 0 Å². The van der Waals surface area contributed by atoms with Crippen LogP contribution in [0.5, 0.6) is 0 Å². The highest BCUT2D eigenvalue weighted by atomic mass is 16.6. The minimum atomic E-state index is -1.05. The number of nitrogens with one attached hydrogen (secondary N) is 1. The topological polar surface area (TPSA) is 90.9 Å². The van der Waals surface area contributed by atoms with Crippen LogP contribution < -0.4 is 5.32 Å². The maximum Gasteiger partial charge on any atom is 0.408 e. The SMILES string of the molecule is COC(=O)[C@@H](NC(=O)OC(C)(C)C)C(C)OCC(C)=O. The molecule has 0 aromatic carbocycles. The fourth-order valence-corrected chi connectivity index (χ4v) is 1.27. The molecule has 0 aliphatic carbocycles. The first kappa shape index (κ1) is 18.4. The van der Waals surface area contributed by atoms with Crippen LogP contribution in [0.3, 0.4) is 0 Å². The van der Waals surface area contributed by atoms with Crippen LogP contribution in [0.25, 0.3) is 0 Å². The lowest BCUT2D eigenvalue weighted by atomic mass is 10.2. The number of ketones is 1. The van der Waals surface area contributed by atoms with E-state index < -0.39 is 29.8 Å². The third-order valence-corrected chi connectivity index (χ3v) is 2.15. The van der Waals surface area contributed by atoms with Gasteiger partial charge in [-0.05, 0) is 34.6 Å². The van der Waals surface area contributed by atoms with Crippen LogP contribution in [-0.2, 0) is 23.8 Å². The second-order valence-electron chi connectivity index (χ2n) is 5.37. The molecule has 0 aliphatic rings. The van der Waals surface area contributed by atoms with Gasteiger partial charge < -0.3 is 19.5 Å². The summed E-state index contributed by atoms with van der Waals surface area (Å²) < 4.78 is 14.9. The Kier molecular flexibility index (Phi) is 7.20. The molecular weight excluding hydrogens is 266 g/mol. The Balaban J connectivity index is 4.68. The third-order valence-electron chi connectivity index (χ3n) is 2.15. The van der Waals surface area contributed by atoms with Crippen LogP contribution in [0.15, 0.2) is 0 Å². The van der Waals surface area contributed by atoms with Crippen LogP contribution in [0.4, 0.5) is 4.79 Å². The molecule has 0 rings (SSSR count). The van der Waals surface area contributed by atoms with E-state index in [-0.39, 0.29) is 12.4 Å². The minimum absolute atomic E-state index is 0.148. The van der Waals surface area contributed by atoms with Crippen LogP contribution >= 0.6 is 0 Å². The van der Waals surface area contributed by atoms with Gasteiger partial charge in [-0.3, -0.25) is 4.79 Å². The normalized spacial score (nSPS) is 14.1. The summed E-state index contributed by atoms with van der Waals surface area (Å²) in [5, 5.41) is 2.38. The molecule has 2 atom stereocenters. The van der Waals surface area contributed by atoms with Gasteiger partial charge in [0, 0.05) is 0 Å². The molecule has 20 heavy (non-hydrogen) atoms. The molecule has 7 heteroatoms. The van der Waals surface area contributed by atoms with Gasteiger partial charge >= 0.3 is 12.1 Å². The quantitative estimate of drug-likeness (QED) is 0.735. The summed E-state index contributed by atoms with van der Waals surface area (Å²) in [7, 11) is 1.20. The number of rotatable bonds is 6. The highest BCUT2D eigenvalue weighted by molar-refractivity contribution is 5.82. The zero-order chi connectivity index (χ0) is 15.9. The largest absolute Gasteiger partial charge is 0.467 e. The van der Waals surface area contributed by atoms with Crippen molar-refractivity contribution in [2.24, 2.45) is 0 Å². The molecule has 1 unspecified atom stereocenters. The van der Waals surface area contributed by atoms with Gasteiger partial charge in [0.25, 0.3) is 0 Å². The predicted octanol–water partition coefficient (Wildman–Crippen LogP) is 1.05. The molecule has 1 amide bonds. The fraction of sp³-hybridized carbons (Fsp3) is 0.769. The summed E-state index contributed by atoms with van der Waals surface area (Å²) in [5.74, 6) is -0.857. The zero-order valence-electron chi connectivity index (χ0n) is 12.8. The number of alkyl carbamates (subject to hydrolysis) is 1. The molecule has 0 spiro atoms. The Morgan fingerprint density at radius 2 is 1.75 bits per heavy atom. The van der Waals surface area contributed by atoms with E-state index in [1.165, 1.54) is 14.0 Å². The van der Waals surface area contributed by atoms with Gasteiger partial charge in [0.2, 0.25) is 0 Å². The van der Waals surface area contributed by atoms with Crippen molar-refractivity contribution in [2.45, 2.75) is 52.4 Å². The number of amides is 1. The summed E-state index contributed by atoms with van der Waals surface area (Å²) >= 11 is 0. The maximum atomic E-state index is 11.7.